The molecule has 0 aliphatic heterocycles. The molecule has 0 spiro atoms. The van der Waals surface area contributed by atoms with E-state index in [1.807, 2.05) is 12.1 Å². The van der Waals surface area contributed by atoms with Gasteiger partial charge < -0.3 is 5.73 Å². The number of hydrogen-bond donors (Lipinski definition) is 1. The predicted molar refractivity (Wildman–Crippen MR) is 73.8 cm³/mol. The fraction of sp³-hybridized carbons (Fsp3) is 0.625. The van der Waals surface area contributed by atoms with Gasteiger partial charge in [0.1, 0.15) is 5.82 Å². The Kier molecular flexibility index (Phi) is 3.50. The van der Waals surface area contributed by atoms with Crippen molar-refractivity contribution in [2.45, 2.75) is 52.0 Å². The summed E-state index contributed by atoms with van der Waals surface area (Å²) >= 11 is 0. The second kappa shape index (κ2) is 4.65. The van der Waals surface area contributed by atoms with Gasteiger partial charge in [-0.25, -0.2) is 4.39 Å². The van der Waals surface area contributed by atoms with Gasteiger partial charge in [0.25, 0.3) is 0 Å². The van der Waals surface area contributed by atoms with Crippen LogP contribution >= 0.6 is 0 Å². The standard InChI is InChI=1S/C16H24FN/c1-12-8-15(2,3)11-16(18,9-12)10-13-6-4-5-7-14(13)17/h4-7,12H,8-11,18H2,1-3H3. The molecule has 1 nitrogen and oxygen atoms in total. The van der Waals surface area contributed by atoms with Crippen LogP contribution in [0.5, 0.6) is 0 Å². The highest BCUT2D eigenvalue weighted by Gasteiger charge is 2.40. The van der Waals surface area contributed by atoms with Crippen molar-refractivity contribution in [1.82, 2.24) is 0 Å². The van der Waals surface area contributed by atoms with E-state index in [1.54, 1.807) is 6.07 Å². The average Bonchev–Trinajstić information content (AvgIpc) is 2.17. The van der Waals surface area contributed by atoms with E-state index in [1.165, 1.54) is 12.5 Å². The normalized spacial score (nSPS) is 31.3. The monoisotopic (exact) mass is 249 g/mol. The Morgan fingerprint density at radius 3 is 2.56 bits per heavy atom. The van der Waals surface area contributed by atoms with Gasteiger partial charge in [0.2, 0.25) is 0 Å². The van der Waals surface area contributed by atoms with E-state index < -0.39 is 0 Å². The topological polar surface area (TPSA) is 26.0 Å². The molecule has 1 aromatic carbocycles. The Morgan fingerprint density at radius 1 is 1.28 bits per heavy atom. The van der Waals surface area contributed by atoms with Gasteiger partial charge in [-0.15, -0.1) is 0 Å². The Labute approximate surface area is 110 Å². The zero-order chi connectivity index (χ0) is 13.4. The van der Waals surface area contributed by atoms with Gasteiger partial charge in [-0.1, -0.05) is 39.0 Å². The quantitative estimate of drug-likeness (QED) is 0.845. The molecule has 0 radical (unpaired) electrons. The molecule has 2 N–H and O–H groups in total. The maximum atomic E-state index is 13.7. The van der Waals surface area contributed by atoms with Crippen LogP contribution in [-0.2, 0) is 6.42 Å². The smallest absolute Gasteiger partial charge is 0.126 e. The van der Waals surface area contributed by atoms with E-state index in [0.29, 0.717) is 12.3 Å². The van der Waals surface area contributed by atoms with Crippen LogP contribution in [0.15, 0.2) is 24.3 Å². The predicted octanol–water partition coefficient (Wildman–Crippen LogP) is 3.91. The summed E-state index contributed by atoms with van der Waals surface area (Å²) in [7, 11) is 0. The summed E-state index contributed by atoms with van der Waals surface area (Å²) in [6.45, 7) is 6.79. The molecule has 2 heteroatoms. The molecule has 0 amide bonds. The number of benzene rings is 1. The molecule has 1 saturated carbocycles. The summed E-state index contributed by atoms with van der Waals surface area (Å²) in [5.74, 6) is 0.490. The van der Waals surface area contributed by atoms with E-state index >= 15 is 0 Å². The highest BCUT2D eigenvalue weighted by atomic mass is 19.1. The second-order valence-electron chi connectivity index (χ2n) is 6.98. The van der Waals surface area contributed by atoms with E-state index in [4.69, 9.17) is 5.73 Å². The lowest BCUT2D eigenvalue weighted by Crippen LogP contribution is -2.50. The molecular formula is C16H24FN. The zero-order valence-corrected chi connectivity index (χ0v) is 11.7. The Hall–Kier alpha value is -0.890. The maximum absolute atomic E-state index is 13.7. The summed E-state index contributed by atoms with van der Waals surface area (Å²) in [4.78, 5) is 0. The van der Waals surface area contributed by atoms with Crippen molar-refractivity contribution in [2.75, 3.05) is 0 Å². The van der Waals surface area contributed by atoms with Crippen LogP contribution in [0.2, 0.25) is 0 Å². The second-order valence-corrected chi connectivity index (χ2v) is 6.98. The molecule has 2 rings (SSSR count). The highest BCUT2D eigenvalue weighted by Crippen LogP contribution is 2.44. The summed E-state index contributed by atoms with van der Waals surface area (Å²) in [6.07, 6.45) is 3.82. The minimum Gasteiger partial charge on any atom is -0.325 e. The van der Waals surface area contributed by atoms with E-state index in [-0.39, 0.29) is 16.8 Å². The van der Waals surface area contributed by atoms with Crippen molar-refractivity contribution in [2.24, 2.45) is 17.1 Å². The van der Waals surface area contributed by atoms with Crippen LogP contribution in [-0.4, -0.2) is 5.54 Å². The van der Waals surface area contributed by atoms with Crippen LogP contribution in [0.1, 0.15) is 45.6 Å². The first kappa shape index (κ1) is 13.5. The molecule has 2 unspecified atom stereocenters. The number of rotatable bonds is 2. The first-order valence-electron chi connectivity index (χ1n) is 6.82. The van der Waals surface area contributed by atoms with Crippen molar-refractivity contribution >= 4 is 0 Å². The molecule has 1 fully saturated rings. The fourth-order valence-electron chi connectivity index (χ4n) is 3.96. The zero-order valence-electron chi connectivity index (χ0n) is 11.7. The van der Waals surface area contributed by atoms with Crippen LogP contribution in [0.4, 0.5) is 4.39 Å². The van der Waals surface area contributed by atoms with E-state index in [9.17, 15) is 4.39 Å². The Balaban J connectivity index is 2.19. The first-order chi connectivity index (χ1) is 8.30. The summed E-state index contributed by atoms with van der Waals surface area (Å²) in [6, 6.07) is 7.00. The van der Waals surface area contributed by atoms with Crippen molar-refractivity contribution in [3.05, 3.63) is 35.6 Å². The third-order valence-electron chi connectivity index (χ3n) is 3.99. The average molecular weight is 249 g/mol. The molecule has 1 aliphatic rings. The molecule has 0 heterocycles. The summed E-state index contributed by atoms with van der Waals surface area (Å²) < 4.78 is 13.7. The van der Waals surface area contributed by atoms with E-state index in [0.717, 1.165) is 18.4 Å². The van der Waals surface area contributed by atoms with Gasteiger partial charge in [0.15, 0.2) is 0 Å². The summed E-state index contributed by atoms with van der Waals surface area (Å²) in [5, 5.41) is 0. The molecular weight excluding hydrogens is 225 g/mol. The molecule has 0 saturated heterocycles. The van der Waals surface area contributed by atoms with Gasteiger partial charge in [-0.3, -0.25) is 0 Å². The van der Waals surface area contributed by atoms with Crippen LogP contribution < -0.4 is 5.73 Å². The highest BCUT2D eigenvalue weighted by molar-refractivity contribution is 5.20. The minimum atomic E-state index is -0.261. The third-order valence-corrected chi connectivity index (χ3v) is 3.99. The number of hydrogen-bond acceptors (Lipinski definition) is 1. The third kappa shape index (κ3) is 3.11. The molecule has 1 aliphatic carbocycles. The molecule has 1 aromatic rings. The van der Waals surface area contributed by atoms with Crippen molar-refractivity contribution in [3.8, 4) is 0 Å². The molecule has 100 valence electrons. The molecule has 18 heavy (non-hydrogen) atoms. The van der Waals surface area contributed by atoms with Crippen LogP contribution in [0, 0.1) is 17.2 Å². The van der Waals surface area contributed by atoms with Gasteiger partial charge >= 0.3 is 0 Å². The van der Waals surface area contributed by atoms with Gasteiger partial charge in [0, 0.05) is 5.54 Å². The maximum Gasteiger partial charge on any atom is 0.126 e. The van der Waals surface area contributed by atoms with Gasteiger partial charge in [0.05, 0.1) is 0 Å². The largest absolute Gasteiger partial charge is 0.325 e. The number of halogens is 1. The lowest BCUT2D eigenvalue weighted by molar-refractivity contribution is 0.107. The molecule has 0 bridgehead atoms. The van der Waals surface area contributed by atoms with Crippen LogP contribution in [0.25, 0.3) is 0 Å². The van der Waals surface area contributed by atoms with Gasteiger partial charge in [-0.2, -0.15) is 0 Å². The minimum absolute atomic E-state index is 0.127. The van der Waals surface area contributed by atoms with Crippen molar-refractivity contribution in [3.63, 3.8) is 0 Å². The lowest BCUT2D eigenvalue weighted by Gasteiger charge is -2.46. The van der Waals surface area contributed by atoms with Crippen molar-refractivity contribution in [1.29, 1.82) is 0 Å². The summed E-state index contributed by atoms with van der Waals surface area (Å²) in [5.41, 5.74) is 7.31. The molecule has 0 aromatic heterocycles. The first-order valence-corrected chi connectivity index (χ1v) is 6.82. The van der Waals surface area contributed by atoms with Crippen molar-refractivity contribution < 1.29 is 4.39 Å². The number of nitrogens with two attached hydrogens (primary N) is 1. The Morgan fingerprint density at radius 2 is 1.94 bits per heavy atom. The van der Waals surface area contributed by atoms with Gasteiger partial charge in [-0.05, 0) is 48.6 Å². The molecule has 2 atom stereocenters. The Bertz CT molecular complexity index is 427. The lowest BCUT2D eigenvalue weighted by atomic mass is 9.63. The van der Waals surface area contributed by atoms with Crippen LogP contribution in [0.3, 0.4) is 0 Å². The fourth-order valence-corrected chi connectivity index (χ4v) is 3.96. The van der Waals surface area contributed by atoms with E-state index in [2.05, 4.69) is 20.8 Å². The SMILES string of the molecule is CC1CC(C)(C)CC(N)(Cc2ccccc2F)C1.